The van der Waals surface area contributed by atoms with Crippen LogP contribution >= 0.6 is 0 Å². The van der Waals surface area contributed by atoms with Gasteiger partial charge in [-0.25, -0.2) is 4.79 Å². The molecule has 3 aromatic carbocycles. The fraction of sp³-hybridized carbons (Fsp3) is 0.333. The number of carbonyl (C=O) groups is 3. The molecule has 0 radical (unpaired) electrons. The van der Waals surface area contributed by atoms with Crippen molar-refractivity contribution < 1.29 is 33.7 Å². The van der Waals surface area contributed by atoms with E-state index < -0.39 is 24.0 Å². The van der Waals surface area contributed by atoms with Gasteiger partial charge in [0.15, 0.2) is 11.5 Å². The Morgan fingerprint density at radius 3 is 2.50 bits per heavy atom. The average Bonchev–Trinajstić information content (AvgIpc) is 3.33. The highest BCUT2D eigenvalue weighted by molar-refractivity contribution is 5.87. The number of hydrogen-bond donors (Lipinski definition) is 5. The summed E-state index contributed by atoms with van der Waals surface area (Å²) < 4.78 is 17.0. The molecule has 48 heavy (non-hydrogen) atoms. The van der Waals surface area contributed by atoms with E-state index in [9.17, 15) is 24.3 Å². The fourth-order valence-electron chi connectivity index (χ4n) is 6.31. The van der Waals surface area contributed by atoms with E-state index in [1.165, 1.54) is 20.1 Å². The number of aliphatic carboxylic acids is 1. The zero-order valence-corrected chi connectivity index (χ0v) is 27.4. The van der Waals surface area contributed by atoms with E-state index in [-0.39, 0.29) is 30.7 Å². The standard InChI is InChI=1S/C36H40N4O8/c1-20(41)39-27-13-11-21-17-31(46-2)34(47-3)35(48-4)33(21)24-12-14-28(30(42)18-25(24)27)37-15-7-10-32(43)40-29(36(44)45)16-22-19-38-26-9-6-5-8-23(22)26/h5-6,8-9,12,14,17-19,27,29,38H,7,10-11,13,15-16H2,1-4H3,(H,37,42)(H,39,41)(H,40,43)(H,44,45). The van der Waals surface area contributed by atoms with E-state index in [0.717, 1.165) is 27.6 Å². The van der Waals surface area contributed by atoms with E-state index in [1.807, 2.05) is 36.4 Å². The maximum atomic E-state index is 13.5. The number of aryl methyl sites for hydroxylation is 1. The van der Waals surface area contributed by atoms with Gasteiger partial charge < -0.3 is 40.3 Å². The number of ether oxygens (including phenoxy) is 3. The molecule has 4 aromatic rings. The van der Waals surface area contributed by atoms with Gasteiger partial charge in [-0.1, -0.05) is 24.3 Å². The summed E-state index contributed by atoms with van der Waals surface area (Å²) in [6.45, 7) is 1.73. The molecule has 5 N–H and O–H groups in total. The molecule has 252 valence electrons. The second kappa shape index (κ2) is 14.9. The number of carbonyl (C=O) groups excluding carboxylic acids is 2. The normalized spacial score (nSPS) is 14.1. The molecular weight excluding hydrogens is 616 g/mol. The topological polar surface area (TPSA) is 168 Å². The number of aromatic amines is 1. The van der Waals surface area contributed by atoms with Crippen molar-refractivity contribution in [2.45, 2.75) is 51.1 Å². The Balaban J connectivity index is 1.33. The maximum Gasteiger partial charge on any atom is 0.326 e. The van der Waals surface area contributed by atoms with E-state index in [0.29, 0.717) is 53.3 Å². The maximum absolute atomic E-state index is 13.5. The van der Waals surface area contributed by atoms with Crippen LogP contribution in [-0.2, 0) is 27.2 Å². The van der Waals surface area contributed by atoms with Gasteiger partial charge in [0.1, 0.15) is 6.04 Å². The van der Waals surface area contributed by atoms with Crippen LogP contribution in [0.2, 0.25) is 0 Å². The van der Waals surface area contributed by atoms with E-state index >= 15 is 0 Å². The summed E-state index contributed by atoms with van der Waals surface area (Å²) in [6.07, 6.45) is 3.44. The van der Waals surface area contributed by atoms with Crippen LogP contribution < -0.4 is 35.6 Å². The van der Waals surface area contributed by atoms with E-state index in [1.54, 1.807) is 26.5 Å². The van der Waals surface area contributed by atoms with Crippen molar-refractivity contribution >= 4 is 34.4 Å². The lowest BCUT2D eigenvalue weighted by molar-refractivity contribution is -0.141. The van der Waals surface area contributed by atoms with Gasteiger partial charge >= 0.3 is 5.97 Å². The first kappa shape index (κ1) is 33.8. The van der Waals surface area contributed by atoms with Gasteiger partial charge in [0, 0.05) is 49.0 Å². The molecule has 5 rings (SSSR count). The molecule has 1 aliphatic rings. The Kier molecular flexibility index (Phi) is 10.5. The van der Waals surface area contributed by atoms with Gasteiger partial charge in [0.25, 0.3) is 0 Å². The molecule has 0 fully saturated rings. The summed E-state index contributed by atoms with van der Waals surface area (Å²) in [4.78, 5) is 53.5. The number of anilines is 1. The number of H-pyrrole nitrogens is 1. The molecule has 1 aliphatic carbocycles. The monoisotopic (exact) mass is 656 g/mol. The summed E-state index contributed by atoms with van der Waals surface area (Å²) >= 11 is 0. The molecule has 0 spiro atoms. The minimum atomic E-state index is -1.12. The van der Waals surface area contributed by atoms with Crippen LogP contribution in [0, 0.1) is 0 Å². The molecule has 1 heterocycles. The Labute approximate surface area is 277 Å². The first-order chi connectivity index (χ1) is 23.1. The van der Waals surface area contributed by atoms with Crippen LogP contribution in [0.4, 0.5) is 5.69 Å². The SMILES string of the molecule is COc1cc2c(c(OC)c1OC)-c1ccc(NCCCC(=O)NC(Cc3c[nH]c4ccccc34)C(=O)O)c(=O)cc1C(NC(C)=O)CC2. The van der Waals surface area contributed by atoms with Gasteiger partial charge in [0.05, 0.1) is 33.1 Å². The molecule has 2 atom stereocenters. The van der Waals surface area contributed by atoms with Gasteiger partial charge in [-0.05, 0) is 65.8 Å². The molecule has 0 saturated heterocycles. The van der Waals surface area contributed by atoms with Crippen LogP contribution in [0.15, 0.2) is 59.5 Å². The summed E-state index contributed by atoms with van der Waals surface area (Å²) in [5.41, 5.74) is 4.74. The first-order valence-corrected chi connectivity index (χ1v) is 15.7. The number of benzene rings is 2. The molecule has 0 aliphatic heterocycles. The van der Waals surface area contributed by atoms with E-state index in [2.05, 4.69) is 20.9 Å². The molecule has 2 amide bonds. The smallest absolute Gasteiger partial charge is 0.326 e. The van der Waals surface area contributed by atoms with Crippen molar-refractivity contribution in [1.29, 1.82) is 0 Å². The van der Waals surface area contributed by atoms with Crippen LogP contribution in [0.25, 0.3) is 22.0 Å². The van der Waals surface area contributed by atoms with Crippen LogP contribution in [0.3, 0.4) is 0 Å². The minimum absolute atomic E-state index is 0.0606. The van der Waals surface area contributed by atoms with Crippen LogP contribution in [0.5, 0.6) is 17.2 Å². The highest BCUT2D eigenvalue weighted by Crippen LogP contribution is 2.50. The van der Waals surface area contributed by atoms with Gasteiger partial charge in [-0.2, -0.15) is 0 Å². The number of nitrogens with one attached hydrogen (secondary N) is 4. The van der Waals surface area contributed by atoms with E-state index in [4.69, 9.17) is 14.2 Å². The molecule has 1 aromatic heterocycles. The van der Waals surface area contributed by atoms with Crippen molar-refractivity contribution in [3.63, 3.8) is 0 Å². The zero-order chi connectivity index (χ0) is 34.4. The van der Waals surface area contributed by atoms with Gasteiger partial charge in [0.2, 0.25) is 23.0 Å². The highest BCUT2D eigenvalue weighted by atomic mass is 16.5. The Morgan fingerprint density at radius 2 is 1.79 bits per heavy atom. The molecular formula is C36H40N4O8. The third-order valence-corrected chi connectivity index (χ3v) is 8.54. The fourth-order valence-corrected chi connectivity index (χ4v) is 6.31. The second-order valence-electron chi connectivity index (χ2n) is 11.6. The molecule has 0 saturated carbocycles. The molecule has 12 heteroatoms. The number of hydrogen-bond acceptors (Lipinski definition) is 8. The number of aromatic nitrogens is 1. The summed E-state index contributed by atoms with van der Waals surface area (Å²) in [5, 5.41) is 19.4. The largest absolute Gasteiger partial charge is 0.493 e. The van der Waals surface area contributed by atoms with Crippen molar-refractivity contribution in [3.05, 3.63) is 81.6 Å². The second-order valence-corrected chi connectivity index (χ2v) is 11.6. The van der Waals surface area contributed by atoms with Crippen molar-refractivity contribution in [2.24, 2.45) is 0 Å². The lowest BCUT2D eigenvalue weighted by Crippen LogP contribution is -2.42. The van der Waals surface area contributed by atoms with Crippen LogP contribution in [0.1, 0.15) is 48.9 Å². The predicted molar refractivity (Wildman–Crippen MR) is 182 cm³/mol. The quantitative estimate of drug-likeness (QED) is 0.131. The molecule has 0 bridgehead atoms. The summed E-state index contributed by atoms with van der Waals surface area (Å²) in [7, 11) is 4.62. The Bertz CT molecular complexity index is 1900. The molecule has 2 unspecified atom stereocenters. The minimum Gasteiger partial charge on any atom is -0.493 e. The number of carboxylic acid groups (broad SMARTS) is 1. The van der Waals surface area contributed by atoms with Crippen LogP contribution in [-0.4, -0.2) is 61.8 Å². The third-order valence-electron chi connectivity index (χ3n) is 8.54. The van der Waals surface area contributed by atoms with Gasteiger partial charge in [-0.3, -0.25) is 14.4 Å². The number of carboxylic acids is 1. The highest BCUT2D eigenvalue weighted by Gasteiger charge is 2.29. The lowest BCUT2D eigenvalue weighted by atomic mass is 9.95. The number of amides is 2. The zero-order valence-electron chi connectivity index (χ0n) is 27.4. The Hall–Kier alpha value is -5.52. The van der Waals surface area contributed by atoms with Crippen molar-refractivity contribution in [1.82, 2.24) is 15.6 Å². The molecule has 12 nitrogen and oxygen atoms in total. The lowest BCUT2D eigenvalue weighted by Gasteiger charge is -2.19. The summed E-state index contributed by atoms with van der Waals surface area (Å²) in [6, 6.07) is 13.0. The number of methoxy groups -OCH3 is 3. The van der Waals surface area contributed by atoms with Crippen molar-refractivity contribution in [2.75, 3.05) is 33.2 Å². The van der Waals surface area contributed by atoms with Gasteiger partial charge in [-0.15, -0.1) is 0 Å². The Morgan fingerprint density at radius 1 is 1.02 bits per heavy atom. The number of rotatable bonds is 13. The average molecular weight is 657 g/mol. The summed E-state index contributed by atoms with van der Waals surface area (Å²) in [5.74, 6) is -0.355. The first-order valence-electron chi connectivity index (χ1n) is 15.7. The third kappa shape index (κ3) is 7.22. The van der Waals surface area contributed by atoms with Crippen molar-refractivity contribution in [3.8, 4) is 28.4 Å². The number of fused-ring (bicyclic) bond motifs is 4. The number of para-hydroxylation sites is 1. The predicted octanol–water partition coefficient (Wildman–Crippen LogP) is 4.35.